The van der Waals surface area contributed by atoms with Gasteiger partial charge in [0.2, 0.25) is 11.8 Å². The quantitative estimate of drug-likeness (QED) is 0.743. The van der Waals surface area contributed by atoms with Crippen molar-refractivity contribution in [2.75, 3.05) is 5.32 Å². The number of hydrogen-bond acceptors (Lipinski definition) is 5. The number of anilines is 1. The molecule has 1 amide bonds. The van der Waals surface area contributed by atoms with E-state index in [2.05, 4.69) is 15.3 Å². The average Bonchev–Trinajstić information content (AvgIpc) is 3.04. The molecule has 0 saturated heterocycles. The molecule has 0 radical (unpaired) electrons. The van der Waals surface area contributed by atoms with Crippen LogP contribution in [0, 0.1) is 0 Å². The Bertz CT molecular complexity index is 846. The fraction of sp³-hybridized carbons (Fsp3) is 0.118. The Balaban J connectivity index is 1.68. The van der Waals surface area contributed by atoms with E-state index >= 15 is 0 Å². The zero-order chi connectivity index (χ0) is 16.9. The Morgan fingerprint density at radius 2 is 2.04 bits per heavy atom. The van der Waals surface area contributed by atoms with Gasteiger partial charge in [-0.3, -0.25) is 9.78 Å². The molecule has 0 bridgehead atoms. The van der Waals surface area contributed by atoms with Gasteiger partial charge in [-0.05, 0) is 30.3 Å². The van der Waals surface area contributed by atoms with Crippen LogP contribution >= 0.6 is 11.6 Å². The van der Waals surface area contributed by atoms with Crippen LogP contribution in [0.3, 0.4) is 0 Å². The van der Waals surface area contributed by atoms with E-state index < -0.39 is 0 Å². The number of aliphatic hydroxyl groups is 1. The number of nitrogens with one attached hydrogen (secondary N) is 1. The molecule has 0 aliphatic rings. The summed E-state index contributed by atoms with van der Waals surface area (Å²) in [7, 11) is 0. The predicted molar refractivity (Wildman–Crippen MR) is 89.4 cm³/mol. The van der Waals surface area contributed by atoms with E-state index in [0.717, 1.165) is 5.56 Å². The van der Waals surface area contributed by atoms with Crippen LogP contribution in [0.4, 0.5) is 5.69 Å². The van der Waals surface area contributed by atoms with Gasteiger partial charge in [0.1, 0.15) is 6.26 Å². The molecule has 0 unspecified atom stereocenters. The summed E-state index contributed by atoms with van der Waals surface area (Å²) in [6.07, 6.45) is 4.54. The standard InChI is InChI=1S/C17H14ClN3O3/c18-13-3-1-11(2-4-13)17-20-14(10-24-17)7-16(23)21-15-8-19-6-5-12(15)9-22/h1-6,8,10,22H,7,9H2,(H,21,23). The van der Waals surface area contributed by atoms with E-state index in [-0.39, 0.29) is 18.9 Å². The number of benzene rings is 1. The van der Waals surface area contributed by atoms with Crippen molar-refractivity contribution in [1.29, 1.82) is 0 Å². The van der Waals surface area contributed by atoms with Crippen molar-refractivity contribution < 1.29 is 14.3 Å². The molecule has 0 spiro atoms. The third-order valence-corrected chi connectivity index (χ3v) is 3.59. The highest BCUT2D eigenvalue weighted by Gasteiger charge is 2.12. The first kappa shape index (κ1) is 16.2. The van der Waals surface area contributed by atoms with E-state index in [4.69, 9.17) is 16.0 Å². The molecule has 0 fully saturated rings. The van der Waals surface area contributed by atoms with Crippen molar-refractivity contribution in [2.45, 2.75) is 13.0 Å². The minimum Gasteiger partial charge on any atom is -0.444 e. The van der Waals surface area contributed by atoms with Crippen LogP contribution in [-0.2, 0) is 17.8 Å². The molecule has 0 atom stereocenters. The van der Waals surface area contributed by atoms with Gasteiger partial charge in [-0.2, -0.15) is 0 Å². The van der Waals surface area contributed by atoms with Gasteiger partial charge in [-0.15, -0.1) is 0 Å². The number of hydrogen-bond donors (Lipinski definition) is 2. The second-order valence-electron chi connectivity index (χ2n) is 5.07. The van der Waals surface area contributed by atoms with E-state index in [1.165, 1.54) is 12.5 Å². The van der Waals surface area contributed by atoms with Gasteiger partial charge >= 0.3 is 0 Å². The molecule has 2 aromatic heterocycles. The van der Waals surface area contributed by atoms with Gasteiger partial charge in [-0.1, -0.05) is 11.6 Å². The van der Waals surface area contributed by atoms with Crippen molar-refractivity contribution in [3.05, 3.63) is 65.3 Å². The Kier molecular flexibility index (Phi) is 4.88. The summed E-state index contributed by atoms with van der Waals surface area (Å²) in [5.74, 6) is 0.153. The smallest absolute Gasteiger partial charge is 0.230 e. The van der Waals surface area contributed by atoms with Gasteiger partial charge in [0.25, 0.3) is 0 Å². The fourth-order valence-electron chi connectivity index (χ4n) is 2.15. The first-order chi connectivity index (χ1) is 11.7. The van der Waals surface area contributed by atoms with Crippen LogP contribution in [0.1, 0.15) is 11.3 Å². The van der Waals surface area contributed by atoms with Crippen LogP contribution in [0.5, 0.6) is 0 Å². The minimum atomic E-state index is -0.270. The molecule has 1 aromatic carbocycles. The maximum Gasteiger partial charge on any atom is 0.230 e. The number of carbonyl (C=O) groups excluding carboxylic acids is 1. The molecule has 3 rings (SSSR count). The molecule has 24 heavy (non-hydrogen) atoms. The van der Waals surface area contributed by atoms with E-state index in [1.54, 1.807) is 36.5 Å². The van der Waals surface area contributed by atoms with E-state index in [1.807, 2.05) is 0 Å². The molecular weight excluding hydrogens is 330 g/mol. The third-order valence-electron chi connectivity index (χ3n) is 3.34. The SMILES string of the molecule is O=C(Cc1coc(-c2ccc(Cl)cc2)n1)Nc1cnccc1CO. The molecule has 0 aliphatic heterocycles. The Morgan fingerprint density at radius 1 is 1.25 bits per heavy atom. The molecule has 7 heteroatoms. The highest BCUT2D eigenvalue weighted by molar-refractivity contribution is 6.30. The number of amides is 1. The van der Waals surface area contributed by atoms with Crippen molar-refractivity contribution in [1.82, 2.24) is 9.97 Å². The van der Waals surface area contributed by atoms with Crippen molar-refractivity contribution in [3.63, 3.8) is 0 Å². The molecule has 6 nitrogen and oxygen atoms in total. The topological polar surface area (TPSA) is 88.3 Å². The maximum atomic E-state index is 12.1. The van der Waals surface area contributed by atoms with Gasteiger partial charge in [0.05, 0.1) is 30.6 Å². The molecule has 2 heterocycles. The number of carbonyl (C=O) groups is 1. The monoisotopic (exact) mass is 343 g/mol. The summed E-state index contributed by atoms with van der Waals surface area (Å²) in [4.78, 5) is 20.4. The van der Waals surface area contributed by atoms with Crippen molar-refractivity contribution >= 4 is 23.2 Å². The summed E-state index contributed by atoms with van der Waals surface area (Å²) in [6, 6.07) is 8.71. The first-order valence-electron chi connectivity index (χ1n) is 7.19. The molecule has 0 saturated carbocycles. The summed E-state index contributed by atoms with van der Waals surface area (Å²) < 4.78 is 5.40. The zero-order valence-corrected chi connectivity index (χ0v) is 13.3. The zero-order valence-electron chi connectivity index (χ0n) is 12.6. The number of rotatable bonds is 5. The number of aromatic nitrogens is 2. The molecular formula is C17H14ClN3O3. The second kappa shape index (κ2) is 7.25. The summed E-state index contributed by atoms with van der Waals surface area (Å²) >= 11 is 5.85. The number of pyridine rings is 1. The van der Waals surface area contributed by atoms with Crippen LogP contribution in [0.2, 0.25) is 5.02 Å². The normalized spacial score (nSPS) is 10.6. The first-order valence-corrected chi connectivity index (χ1v) is 7.57. The summed E-state index contributed by atoms with van der Waals surface area (Å²) in [6.45, 7) is -0.178. The number of halogens is 1. The fourth-order valence-corrected chi connectivity index (χ4v) is 2.27. The summed E-state index contributed by atoms with van der Waals surface area (Å²) in [5.41, 5.74) is 2.36. The van der Waals surface area contributed by atoms with Crippen LogP contribution < -0.4 is 5.32 Å². The lowest BCUT2D eigenvalue weighted by molar-refractivity contribution is -0.115. The highest BCUT2D eigenvalue weighted by atomic mass is 35.5. The number of aliphatic hydroxyl groups excluding tert-OH is 1. The lowest BCUT2D eigenvalue weighted by atomic mass is 10.2. The van der Waals surface area contributed by atoms with Crippen molar-refractivity contribution in [3.8, 4) is 11.5 Å². The Labute approximate surface area is 143 Å². The molecule has 122 valence electrons. The van der Waals surface area contributed by atoms with Gasteiger partial charge < -0.3 is 14.8 Å². The third kappa shape index (κ3) is 3.79. The lowest BCUT2D eigenvalue weighted by Gasteiger charge is -2.07. The highest BCUT2D eigenvalue weighted by Crippen LogP contribution is 2.21. The van der Waals surface area contributed by atoms with Gasteiger partial charge in [0, 0.05) is 22.3 Å². The van der Waals surface area contributed by atoms with Gasteiger partial charge in [-0.25, -0.2) is 4.98 Å². The largest absolute Gasteiger partial charge is 0.444 e. The van der Waals surface area contributed by atoms with Crippen LogP contribution in [-0.4, -0.2) is 21.0 Å². The maximum absolute atomic E-state index is 12.1. The minimum absolute atomic E-state index is 0.0524. The Morgan fingerprint density at radius 3 is 2.79 bits per heavy atom. The summed E-state index contributed by atoms with van der Waals surface area (Å²) in [5, 5.41) is 12.6. The second-order valence-corrected chi connectivity index (χ2v) is 5.50. The molecule has 0 aliphatic carbocycles. The van der Waals surface area contributed by atoms with E-state index in [9.17, 15) is 9.90 Å². The predicted octanol–water partition coefficient (Wildman–Crippen LogP) is 3.06. The Hall–Kier alpha value is -2.70. The van der Waals surface area contributed by atoms with Crippen LogP contribution in [0.15, 0.2) is 53.4 Å². The van der Waals surface area contributed by atoms with Crippen LogP contribution in [0.25, 0.3) is 11.5 Å². The lowest BCUT2D eigenvalue weighted by Crippen LogP contribution is -2.16. The van der Waals surface area contributed by atoms with Crippen molar-refractivity contribution in [2.24, 2.45) is 0 Å². The number of nitrogens with zero attached hydrogens (tertiary/aromatic N) is 2. The van der Waals surface area contributed by atoms with Gasteiger partial charge in [0.15, 0.2) is 0 Å². The van der Waals surface area contributed by atoms with E-state index in [0.29, 0.717) is 27.9 Å². The number of oxazole rings is 1. The average molecular weight is 344 g/mol. The molecule has 3 aromatic rings. The molecule has 2 N–H and O–H groups in total.